The number of esters is 1. The SMILES string of the molecule is C=C(C)C(=O)OC=Cc1ccccc1.CCCCCC(O)O. The lowest BCUT2D eigenvalue weighted by atomic mass is 10.2. The van der Waals surface area contributed by atoms with Crippen molar-refractivity contribution in [1.29, 1.82) is 0 Å². The Kier molecular flexibility index (Phi) is 11.7. The maximum absolute atomic E-state index is 11.0. The Balaban J connectivity index is 0.000000472. The largest absolute Gasteiger partial charge is 0.431 e. The molecule has 0 heterocycles. The molecule has 0 saturated carbocycles. The van der Waals surface area contributed by atoms with Crippen LogP contribution in [0.25, 0.3) is 6.08 Å². The molecule has 0 saturated heterocycles. The number of carbonyl (C=O) groups is 1. The van der Waals surface area contributed by atoms with Gasteiger partial charge >= 0.3 is 5.97 Å². The van der Waals surface area contributed by atoms with Crippen molar-refractivity contribution in [2.75, 3.05) is 0 Å². The van der Waals surface area contributed by atoms with Crippen LogP contribution in [0.15, 0.2) is 48.7 Å². The summed E-state index contributed by atoms with van der Waals surface area (Å²) in [6.45, 7) is 7.17. The molecule has 0 fully saturated rings. The van der Waals surface area contributed by atoms with Crippen molar-refractivity contribution in [3.63, 3.8) is 0 Å². The molecule has 4 heteroatoms. The van der Waals surface area contributed by atoms with Crippen LogP contribution in [-0.2, 0) is 9.53 Å². The average Bonchev–Trinajstić information content (AvgIpc) is 2.49. The predicted octanol–water partition coefficient (Wildman–Crippen LogP) is 3.65. The summed E-state index contributed by atoms with van der Waals surface area (Å²) in [7, 11) is 0. The van der Waals surface area contributed by atoms with Crippen molar-refractivity contribution in [3.05, 3.63) is 54.3 Å². The third kappa shape index (κ3) is 11.9. The topological polar surface area (TPSA) is 66.8 Å². The molecule has 1 aromatic rings. The Hall–Kier alpha value is -1.91. The molecule has 0 aromatic heterocycles. The second kappa shape index (κ2) is 12.8. The van der Waals surface area contributed by atoms with Crippen molar-refractivity contribution in [2.24, 2.45) is 0 Å². The van der Waals surface area contributed by atoms with Gasteiger partial charge in [0.1, 0.15) is 0 Å². The Morgan fingerprint density at radius 2 is 1.91 bits per heavy atom. The number of hydrogen-bond acceptors (Lipinski definition) is 4. The molecule has 2 N–H and O–H groups in total. The maximum Gasteiger partial charge on any atom is 0.337 e. The van der Waals surface area contributed by atoms with Gasteiger partial charge < -0.3 is 14.9 Å². The molecule has 0 amide bonds. The van der Waals surface area contributed by atoms with Gasteiger partial charge in [-0.05, 0) is 31.4 Å². The van der Waals surface area contributed by atoms with Crippen LogP contribution in [0.5, 0.6) is 0 Å². The first-order chi connectivity index (χ1) is 10.5. The average molecular weight is 306 g/mol. The Morgan fingerprint density at radius 3 is 2.41 bits per heavy atom. The molecule has 0 aliphatic carbocycles. The first-order valence-electron chi connectivity index (χ1n) is 7.41. The molecule has 1 rings (SSSR count). The van der Waals surface area contributed by atoms with E-state index in [1.54, 1.807) is 13.0 Å². The van der Waals surface area contributed by atoms with Gasteiger partial charge in [-0.15, -0.1) is 0 Å². The molecule has 0 atom stereocenters. The molecular weight excluding hydrogens is 280 g/mol. The van der Waals surface area contributed by atoms with E-state index in [2.05, 4.69) is 13.5 Å². The number of aliphatic hydroxyl groups excluding tert-OH is 1. The highest BCUT2D eigenvalue weighted by atomic mass is 16.5. The number of aliphatic hydroxyl groups is 2. The quantitative estimate of drug-likeness (QED) is 0.265. The summed E-state index contributed by atoms with van der Waals surface area (Å²) in [5.74, 6) is -0.405. The van der Waals surface area contributed by atoms with Crippen LogP contribution in [0, 0.1) is 0 Å². The summed E-state index contributed by atoms with van der Waals surface area (Å²) in [6.07, 6.45) is 5.67. The van der Waals surface area contributed by atoms with Crippen LogP contribution < -0.4 is 0 Å². The molecule has 0 bridgehead atoms. The first kappa shape index (κ1) is 20.1. The third-order valence-electron chi connectivity index (χ3n) is 2.65. The van der Waals surface area contributed by atoms with E-state index in [1.165, 1.54) is 6.26 Å². The predicted molar refractivity (Wildman–Crippen MR) is 88.7 cm³/mol. The summed E-state index contributed by atoms with van der Waals surface area (Å²) in [5, 5.41) is 16.7. The van der Waals surface area contributed by atoms with Crippen LogP contribution in [0.1, 0.15) is 45.1 Å². The molecule has 4 nitrogen and oxygen atoms in total. The number of rotatable bonds is 7. The van der Waals surface area contributed by atoms with E-state index in [1.807, 2.05) is 30.3 Å². The van der Waals surface area contributed by atoms with E-state index >= 15 is 0 Å². The zero-order chi connectivity index (χ0) is 16.8. The number of benzene rings is 1. The second-order valence-corrected chi connectivity index (χ2v) is 4.88. The fraction of sp³-hybridized carbons (Fsp3) is 0.389. The van der Waals surface area contributed by atoms with Gasteiger partial charge in [0.2, 0.25) is 0 Å². The minimum Gasteiger partial charge on any atom is -0.431 e. The summed E-state index contributed by atoms with van der Waals surface area (Å²) < 4.78 is 4.79. The summed E-state index contributed by atoms with van der Waals surface area (Å²) >= 11 is 0. The fourth-order valence-electron chi connectivity index (χ4n) is 1.42. The van der Waals surface area contributed by atoms with E-state index < -0.39 is 12.3 Å². The molecule has 0 radical (unpaired) electrons. The van der Waals surface area contributed by atoms with E-state index in [-0.39, 0.29) is 0 Å². The zero-order valence-electron chi connectivity index (χ0n) is 13.4. The highest BCUT2D eigenvalue weighted by molar-refractivity contribution is 5.87. The molecule has 1 aromatic carbocycles. The molecular formula is C18H26O4. The molecule has 0 aliphatic rings. The molecule has 0 spiro atoms. The van der Waals surface area contributed by atoms with Crippen molar-refractivity contribution in [1.82, 2.24) is 0 Å². The third-order valence-corrected chi connectivity index (χ3v) is 2.65. The minimum absolute atomic E-state index is 0.391. The van der Waals surface area contributed by atoms with Gasteiger partial charge in [-0.2, -0.15) is 0 Å². The molecule has 0 aliphatic heterocycles. The van der Waals surface area contributed by atoms with Crippen LogP contribution in [-0.4, -0.2) is 22.5 Å². The van der Waals surface area contributed by atoms with E-state index in [0.717, 1.165) is 24.8 Å². The van der Waals surface area contributed by atoms with Gasteiger partial charge in [-0.1, -0.05) is 56.7 Å². The maximum atomic E-state index is 11.0. The van der Waals surface area contributed by atoms with Gasteiger partial charge in [-0.25, -0.2) is 4.79 Å². The standard InChI is InChI=1S/C12H12O2.C6H14O2/c1-10(2)12(13)14-9-8-11-6-4-3-5-7-11;1-2-3-4-5-6(7)8/h3-9H,1H2,2H3;6-8H,2-5H2,1H3. The smallest absolute Gasteiger partial charge is 0.337 e. The highest BCUT2D eigenvalue weighted by Gasteiger charge is 1.98. The van der Waals surface area contributed by atoms with Crippen LogP contribution >= 0.6 is 0 Å². The van der Waals surface area contributed by atoms with Gasteiger partial charge in [0.25, 0.3) is 0 Å². The van der Waals surface area contributed by atoms with E-state index in [4.69, 9.17) is 14.9 Å². The Bertz CT molecular complexity index is 449. The number of ether oxygens (including phenoxy) is 1. The minimum atomic E-state index is -1.10. The van der Waals surface area contributed by atoms with Crippen LogP contribution in [0.2, 0.25) is 0 Å². The normalized spacial score (nSPS) is 10.2. The lowest BCUT2D eigenvalue weighted by molar-refractivity contribution is -0.133. The van der Waals surface area contributed by atoms with E-state index in [0.29, 0.717) is 12.0 Å². The fourth-order valence-corrected chi connectivity index (χ4v) is 1.42. The monoisotopic (exact) mass is 306 g/mol. The van der Waals surface area contributed by atoms with Gasteiger partial charge in [-0.3, -0.25) is 0 Å². The summed E-state index contributed by atoms with van der Waals surface area (Å²) in [5.41, 5.74) is 1.38. The number of carbonyl (C=O) groups excluding carboxylic acids is 1. The van der Waals surface area contributed by atoms with Crippen molar-refractivity contribution in [2.45, 2.75) is 45.8 Å². The number of hydrogen-bond donors (Lipinski definition) is 2. The summed E-state index contributed by atoms with van der Waals surface area (Å²) in [6, 6.07) is 9.61. The van der Waals surface area contributed by atoms with Crippen molar-refractivity contribution < 1.29 is 19.7 Å². The van der Waals surface area contributed by atoms with Gasteiger partial charge in [0.15, 0.2) is 6.29 Å². The van der Waals surface area contributed by atoms with Crippen LogP contribution in [0.3, 0.4) is 0 Å². The molecule has 0 unspecified atom stereocenters. The lowest BCUT2D eigenvalue weighted by Crippen LogP contribution is -2.02. The number of unbranched alkanes of at least 4 members (excludes halogenated alkanes) is 2. The van der Waals surface area contributed by atoms with Crippen LogP contribution in [0.4, 0.5) is 0 Å². The Labute approximate surface area is 132 Å². The first-order valence-corrected chi connectivity index (χ1v) is 7.41. The highest BCUT2D eigenvalue weighted by Crippen LogP contribution is 2.02. The van der Waals surface area contributed by atoms with E-state index in [9.17, 15) is 4.79 Å². The second-order valence-electron chi connectivity index (χ2n) is 4.88. The van der Waals surface area contributed by atoms with Gasteiger partial charge in [0.05, 0.1) is 6.26 Å². The van der Waals surface area contributed by atoms with Crippen molar-refractivity contribution in [3.8, 4) is 0 Å². The van der Waals surface area contributed by atoms with Crippen molar-refractivity contribution >= 4 is 12.0 Å². The molecule has 122 valence electrons. The Morgan fingerprint density at radius 1 is 1.27 bits per heavy atom. The molecule has 22 heavy (non-hydrogen) atoms. The van der Waals surface area contributed by atoms with Gasteiger partial charge in [0, 0.05) is 5.57 Å². The lowest BCUT2D eigenvalue weighted by Gasteiger charge is -1.99. The summed E-state index contributed by atoms with van der Waals surface area (Å²) in [4.78, 5) is 11.0. The zero-order valence-corrected chi connectivity index (χ0v) is 13.4.